The minimum atomic E-state index is -0.575. The zero-order chi connectivity index (χ0) is 16.0. The van der Waals surface area contributed by atoms with Crippen molar-refractivity contribution < 1.29 is 14.3 Å². The number of rotatable bonds is 14. The summed E-state index contributed by atoms with van der Waals surface area (Å²) in [4.78, 5) is 11.7. The highest BCUT2D eigenvalue weighted by Crippen LogP contribution is 2.15. The van der Waals surface area contributed by atoms with Crippen LogP contribution < -0.4 is 5.32 Å². The number of unbranched alkanes of at least 4 members (excludes halogenated alkanes) is 6. The van der Waals surface area contributed by atoms with Gasteiger partial charge in [-0.05, 0) is 39.7 Å². The van der Waals surface area contributed by atoms with Crippen molar-refractivity contribution in [3.63, 3.8) is 0 Å². The molecule has 0 spiro atoms. The quantitative estimate of drug-likeness (QED) is 0.393. The number of nitrogens with one attached hydrogen (secondary N) is 1. The molecule has 0 saturated heterocycles. The third-order valence-corrected chi connectivity index (χ3v) is 4.05. The summed E-state index contributed by atoms with van der Waals surface area (Å²) in [6.45, 7) is 5.78. The first-order valence-corrected chi connectivity index (χ1v) is 8.45. The Hall–Kier alpha value is -0.610. The Bertz CT molecular complexity index is 258. The van der Waals surface area contributed by atoms with Gasteiger partial charge in [-0.3, -0.25) is 4.79 Å². The number of methoxy groups -OCH3 is 1. The van der Waals surface area contributed by atoms with E-state index in [2.05, 4.69) is 12.2 Å². The zero-order valence-corrected chi connectivity index (χ0v) is 14.5. The van der Waals surface area contributed by atoms with Crippen molar-refractivity contribution in [3.05, 3.63) is 0 Å². The first-order chi connectivity index (χ1) is 10.1. The van der Waals surface area contributed by atoms with E-state index < -0.39 is 5.54 Å². The SMILES string of the molecule is CCCCCCCCOCCCCC(C)(NC)C(=O)OC. The monoisotopic (exact) mass is 301 g/mol. The first kappa shape index (κ1) is 20.4. The molecule has 1 unspecified atom stereocenters. The standard InChI is InChI=1S/C17H35NO3/c1-5-6-7-8-9-11-14-21-15-12-10-13-17(2,18-3)16(19)20-4/h18H,5-15H2,1-4H3. The van der Waals surface area contributed by atoms with Crippen molar-refractivity contribution >= 4 is 5.97 Å². The third-order valence-electron chi connectivity index (χ3n) is 4.05. The van der Waals surface area contributed by atoms with Crippen molar-refractivity contribution in [2.45, 2.75) is 77.2 Å². The van der Waals surface area contributed by atoms with Crippen LogP contribution in [0.15, 0.2) is 0 Å². The molecule has 1 atom stereocenters. The van der Waals surface area contributed by atoms with E-state index in [1.54, 1.807) is 7.05 Å². The summed E-state index contributed by atoms with van der Waals surface area (Å²) in [5, 5.41) is 3.05. The van der Waals surface area contributed by atoms with Crippen molar-refractivity contribution in [2.75, 3.05) is 27.4 Å². The van der Waals surface area contributed by atoms with E-state index in [1.807, 2.05) is 6.92 Å². The van der Waals surface area contributed by atoms with Crippen LogP contribution in [0, 0.1) is 0 Å². The highest BCUT2D eigenvalue weighted by atomic mass is 16.5. The number of carbonyl (C=O) groups is 1. The maximum Gasteiger partial charge on any atom is 0.325 e. The summed E-state index contributed by atoms with van der Waals surface area (Å²) >= 11 is 0. The molecule has 0 aliphatic heterocycles. The lowest BCUT2D eigenvalue weighted by atomic mass is 9.95. The zero-order valence-electron chi connectivity index (χ0n) is 14.5. The van der Waals surface area contributed by atoms with Crippen molar-refractivity contribution in [1.82, 2.24) is 5.32 Å². The highest BCUT2D eigenvalue weighted by Gasteiger charge is 2.31. The second kappa shape index (κ2) is 13.1. The Morgan fingerprint density at radius 3 is 2.14 bits per heavy atom. The van der Waals surface area contributed by atoms with E-state index in [0.29, 0.717) is 0 Å². The molecule has 0 amide bonds. The van der Waals surface area contributed by atoms with Crippen LogP contribution in [-0.4, -0.2) is 38.9 Å². The van der Waals surface area contributed by atoms with Crippen LogP contribution in [0.3, 0.4) is 0 Å². The summed E-state index contributed by atoms with van der Waals surface area (Å²) in [7, 11) is 3.23. The smallest absolute Gasteiger partial charge is 0.325 e. The van der Waals surface area contributed by atoms with E-state index in [9.17, 15) is 4.79 Å². The predicted octanol–water partition coefficient (Wildman–Crippen LogP) is 3.68. The molecule has 0 fully saturated rings. The number of esters is 1. The molecule has 0 aromatic heterocycles. The van der Waals surface area contributed by atoms with Gasteiger partial charge in [-0.25, -0.2) is 0 Å². The second-order valence-electron chi connectivity index (χ2n) is 5.91. The molecule has 0 saturated carbocycles. The summed E-state index contributed by atoms with van der Waals surface area (Å²) < 4.78 is 10.5. The third kappa shape index (κ3) is 9.86. The molecule has 0 aliphatic rings. The highest BCUT2D eigenvalue weighted by molar-refractivity contribution is 5.80. The molecule has 0 radical (unpaired) electrons. The van der Waals surface area contributed by atoms with Gasteiger partial charge in [-0.1, -0.05) is 39.0 Å². The lowest BCUT2D eigenvalue weighted by Gasteiger charge is -2.25. The summed E-state index contributed by atoms with van der Waals surface area (Å²) in [5.41, 5.74) is -0.575. The maximum absolute atomic E-state index is 11.7. The van der Waals surface area contributed by atoms with Crippen LogP contribution in [0.4, 0.5) is 0 Å². The molecular weight excluding hydrogens is 266 g/mol. The summed E-state index contributed by atoms with van der Waals surface area (Å²) in [6, 6.07) is 0. The normalized spacial score (nSPS) is 13.9. The Labute approximate surface area is 131 Å². The van der Waals surface area contributed by atoms with Crippen LogP contribution >= 0.6 is 0 Å². The van der Waals surface area contributed by atoms with E-state index in [4.69, 9.17) is 9.47 Å². The van der Waals surface area contributed by atoms with Gasteiger partial charge in [0.15, 0.2) is 0 Å². The van der Waals surface area contributed by atoms with E-state index >= 15 is 0 Å². The lowest BCUT2D eigenvalue weighted by Crippen LogP contribution is -2.48. The molecule has 0 aromatic carbocycles. The molecule has 21 heavy (non-hydrogen) atoms. The number of hydrogen-bond acceptors (Lipinski definition) is 4. The second-order valence-corrected chi connectivity index (χ2v) is 5.91. The van der Waals surface area contributed by atoms with Gasteiger partial charge in [0.1, 0.15) is 5.54 Å². The Kier molecular flexibility index (Phi) is 12.7. The Morgan fingerprint density at radius 2 is 1.57 bits per heavy atom. The number of carbonyl (C=O) groups excluding carboxylic acids is 1. The Morgan fingerprint density at radius 1 is 1.00 bits per heavy atom. The van der Waals surface area contributed by atoms with Gasteiger partial charge >= 0.3 is 5.97 Å². The van der Waals surface area contributed by atoms with Crippen LogP contribution in [0.2, 0.25) is 0 Å². The molecule has 4 heteroatoms. The number of hydrogen-bond donors (Lipinski definition) is 1. The van der Waals surface area contributed by atoms with Gasteiger partial charge in [0.05, 0.1) is 7.11 Å². The van der Waals surface area contributed by atoms with Crippen LogP contribution in [-0.2, 0) is 14.3 Å². The van der Waals surface area contributed by atoms with Gasteiger partial charge in [0, 0.05) is 13.2 Å². The van der Waals surface area contributed by atoms with E-state index in [0.717, 1.165) is 32.5 Å². The fraction of sp³-hybridized carbons (Fsp3) is 0.941. The van der Waals surface area contributed by atoms with Crippen molar-refractivity contribution in [1.29, 1.82) is 0 Å². The van der Waals surface area contributed by atoms with Crippen LogP contribution in [0.25, 0.3) is 0 Å². The average molecular weight is 301 g/mol. The molecule has 0 aromatic rings. The summed E-state index contributed by atoms with van der Waals surface area (Å²) in [5.74, 6) is -0.196. The maximum atomic E-state index is 11.7. The van der Waals surface area contributed by atoms with Gasteiger partial charge in [-0.15, -0.1) is 0 Å². The molecule has 0 aliphatic carbocycles. The molecular formula is C17H35NO3. The van der Waals surface area contributed by atoms with Gasteiger partial charge in [-0.2, -0.15) is 0 Å². The molecule has 4 nitrogen and oxygen atoms in total. The van der Waals surface area contributed by atoms with Gasteiger partial charge in [0.25, 0.3) is 0 Å². The van der Waals surface area contributed by atoms with Crippen LogP contribution in [0.5, 0.6) is 0 Å². The molecule has 0 bridgehead atoms. The van der Waals surface area contributed by atoms with Crippen molar-refractivity contribution in [3.8, 4) is 0 Å². The minimum absolute atomic E-state index is 0.196. The van der Waals surface area contributed by atoms with Crippen molar-refractivity contribution in [2.24, 2.45) is 0 Å². The molecule has 0 rings (SSSR count). The topological polar surface area (TPSA) is 47.6 Å². The number of ether oxygens (including phenoxy) is 2. The largest absolute Gasteiger partial charge is 0.468 e. The summed E-state index contributed by atoms with van der Waals surface area (Å²) in [6.07, 6.45) is 10.5. The Balaban J connectivity index is 3.45. The van der Waals surface area contributed by atoms with E-state index in [1.165, 1.54) is 45.6 Å². The first-order valence-electron chi connectivity index (χ1n) is 8.45. The lowest BCUT2D eigenvalue weighted by molar-refractivity contribution is -0.148. The minimum Gasteiger partial charge on any atom is -0.468 e. The molecule has 1 N–H and O–H groups in total. The molecule has 126 valence electrons. The fourth-order valence-corrected chi connectivity index (χ4v) is 2.32. The van der Waals surface area contributed by atoms with Gasteiger partial charge < -0.3 is 14.8 Å². The van der Waals surface area contributed by atoms with Gasteiger partial charge in [0.2, 0.25) is 0 Å². The fourth-order valence-electron chi connectivity index (χ4n) is 2.32. The number of likely N-dealkylation sites (N-methyl/N-ethyl adjacent to an activating group) is 1. The average Bonchev–Trinajstić information content (AvgIpc) is 2.51. The molecule has 0 heterocycles. The van der Waals surface area contributed by atoms with Crippen LogP contribution in [0.1, 0.15) is 71.6 Å². The predicted molar refractivity (Wildman–Crippen MR) is 87.5 cm³/mol. The van der Waals surface area contributed by atoms with E-state index in [-0.39, 0.29) is 5.97 Å².